The quantitative estimate of drug-likeness (QED) is 0.659. The lowest BCUT2D eigenvalue weighted by molar-refractivity contribution is 0.0634. The highest BCUT2D eigenvalue weighted by molar-refractivity contribution is 6.22. The molecule has 2 aromatic carbocycles. The summed E-state index contributed by atoms with van der Waals surface area (Å²) in [4.78, 5) is 35.5. The van der Waals surface area contributed by atoms with Crippen LogP contribution < -0.4 is 5.32 Å². The van der Waals surface area contributed by atoms with Gasteiger partial charge in [-0.3, -0.25) is 15.1 Å². The number of anilines is 1. The predicted molar refractivity (Wildman–Crippen MR) is 107 cm³/mol. The summed E-state index contributed by atoms with van der Waals surface area (Å²) >= 11 is 0. The number of amides is 1. The first-order valence-electron chi connectivity index (χ1n) is 9.18. The molecule has 0 spiro atoms. The van der Waals surface area contributed by atoms with Gasteiger partial charge in [-0.05, 0) is 45.0 Å². The SMILES string of the molecule is CC(C)(C)OC(=O)Nc1nc2ccc(C3=NCC(=O)c4cc(F)c(F)cc43)cc2[nH]1. The van der Waals surface area contributed by atoms with Crippen molar-refractivity contribution in [2.24, 2.45) is 4.99 Å². The number of aromatic nitrogens is 2. The lowest BCUT2D eigenvalue weighted by atomic mass is 9.92. The summed E-state index contributed by atoms with van der Waals surface area (Å²) in [7, 11) is 0. The number of H-pyrrole nitrogens is 1. The van der Waals surface area contributed by atoms with Gasteiger partial charge in [-0.25, -0.2) is 18.6 Å². The highest BCUT2D eigenvalue weighted by Gasteiger charge is 2.25. The smallest absolute Gasteiger partial charge is 0.414 e. The van der Waals surface area contributed by atoms with E-state index < -0.39 is 23.3 Å². The van der Waals surface area contributed by atoms with Crippen LogP contribution in [0.2, 0.25) is 0 Å². The molecule has 9 heteroatoms. The van der Waals surface area contributed by atoms with E-state index in [-0.39, 0.29) is 29.4 Å². The fourth-order valence-electron chi connectivity index (χ4n) is 3.16. The van der Waals surface area contributed by atoms with Gasteiger partial charge in [0.05, 0.1) is 16.7 Å². The van der Waals surface area contributed by atoms with Gasteiger partial charge in [-0.1, -0.05) is 6.07 Å². The first-order valence-corrected chi connectivity index (χ1v) is 9.18. The van der Waals surface area contributed by atoms with Crippen LogP contribution in [0.1, 0.15) is 42.3 Å². The molecule has 7 nitrogen and oxygen atoms in total. The normalized spacial score (nSPS) is 13.8. The van der Waals surface area contributed by atoms with Gasteiger partial charge in [0.25, 0.3) is 0 Å². The number of ether oxygens (including phenoxy) is 1. The molecule has 1 aliphatic heterocycles. The fourth-order valence-corrected chi connectivity index (χ4v) is 3.16. The molecule has 2 heterocycles. The topological polar surface area (TPSA) is 96.4 Å². The summed E-state index contributed by atoms with van der Waals surface area (Å²) in [5.41, 5.74) is 1.80. The number of fused-ring (bicyclic) bond motifs is 2. The molecule has 30 heavy (non-hydrogen) atoms. The third-order valence-corrected chi connectivity index (χ3v) is 4.37. The van der Waals surface area contributed by atoms with Gasteiger partial charge in [-0.15, -0.1) is 0 Å². The molecule has 1 aromatic heterocycles. The van der Waals surface area contributed by atoms with Crippen LogP contribution in [-0.2, 0) is 4.74 Å². The van der Waals surface area contributed by atoms with Crippen molar-refractivity contribution in [2.45, 2.75) is 26.4 Å². The largest absolute Gasteiger partial charge is 0.444 e. The lowest BCUT2D eigenvalue weighted by Crippen LogP contribution is -2.27. The summed E-state index contributed by atoms with van der Waals surface area (Å²) < 4.78 is 32.6. The van der Waals surface area contributed by atoms with E-state index in [1.54, 1.807) is 39.0 Å². The van der Waals surface area contributed by atoms with Crippen LogP contribution in [0.25, 0.3) is 11.0 Å². The van der Waals surface area contributed by atoms with Crippen molar-refractivity contribution < 1.29 is 23.1 Å². The van der Waals surface area contributed by atoms with Gasteiger partial charge in [0, 0.05) is 16.7 Å². The van der Waals surface area contributed by atoms with E-state index in [2.05, 4.69) is 20.3 Å². The maximum atomic E-state index is 13.8. The Morgan fingerprint density at radius 1 is 1.13 bits per heavy atom. The summed E-state index contributed by atoms with van der Waals surface area (Å²) in [5, 5.41) is 2.53. The number of hydrogen-bond acceptors (Lipinski definition) is 5. The summed E-state index contributed by atoms with van der Waals surface area (Å²) in [5.74, 6) is -2.31. The zero-order chi connectivity index (χ0) is 21.6. The summed E-state index contributed by atoms with van der Waals surface area (Å²) in [6, 6.07) is 6.99. The molecule has 2 N–H and O–H groups in total. The number of nitrogens with one attached hydrogen (secondary N) is 2. The zero-order valence-electron chi connectivity index (χ0n) is 16.5. The van der Waals surface area contributed by atoms with Gasteiger partial charge in [-0.2, -0.15) is 0 Å². The number of nitrogens with zero attached hydrogens (tertiary/aromatic N) is 2. The Morgan fingerprint density at radius 3 is 2.53 bits per heavy atom. The van der Waals surface area contributed by atoms with Crippen LogP contribution in [0.3, 0.4) is 0 Å². The van der Waals surface area contributed by atoms with E-state index in [0.29, 0.717) is 22.3 Å². The third kappa shape index (κ3) is 3.78. The number of aliphatic imine (C=N–C) groups is 1. The van der Waals surface area contributed by atoms with Gasteiger partial charge < -0.3 is 9.72 Å². The molecule has 0 unspecified atom stereocenters. The molecule has 0 aliphatic carbocycles. The molecule has 0 saturated heterocycles. The zero-order valence-corrected chi connectivity index (χ0v) is 16.5. The number of aromatic amines is 1. The monoisotopic (exact) mass is 412 g/mol. The second kappa shape index (κ2) is 7.01. The lowest BCUT2D eigenvalue weighted by Gasteiger charge is -2.18. The van der Waals surface area contributed by atoms with Crippen LogP contribution in [-0.4, -0.2) is 39.7 Å². The minimum Gasteiger partial charge on any atom is -0.444 e. The Hall–Kier alpha value is -3.62. The third-order valence-electron chi connectivity index (χ3n) is 4.37. The highest BCUT2D eigenvalue weighted by Crippen LogP contribution is 2.25. The Balaban J connectivity index is 1.67. The number of benzene rings is 2. The number of imidazole rings is 1. The maximum absolute atomic E-state index is 13.8. The Kier molecular flexibility index (Phi) is 4.60. The number of carbonyl (C=O) groups is 2. The molecule has 3 aromatic rings. The number of Topliss-reactive ketones (excluding diaryl/α,β-unsaturated/α-hetero) is 1. The predicted octanol–water partition coefficient (Wildman–Crippen LogP) is 4.22. The highest BCUT2D eigenvalue weighted by atomic mass is 19.2. The molecule has 1 aliphatic rings. The fraction of sp³-hybridized carbons (Fsp3) is 0.238. The number of rotatable bonds is 2. The number of hydrogen-bond donors (Lipinski definition) is 2. The Bertz CT molecular complexity index is 1220. The van der Waals surface area contributed by atoms with Crippen molar-refractivity contribution in [1.82, 2.24) is 9.97 Å². The van der Waals surface area contributed by atoms with E-state index in [1.807, 2.05) is 0 Å². The van der Waals surface area contributed by atoms with Crippen molar-refractivity contribution in [2.75, 3.05) is 11.9 Å². The molecule has 1 amide bonds. The van der Waals surface area contributed by atoms with Crippen molar-refractivity contribution in [1.29, 1.82) is 0 Å². The first-order chi connectivity index (χ1) is 14.1. The molecule has 154 valence electrons. The van der Waals surface area contributed by atoms with Crippen molar-refractivity contribution >= 4 is 34.6 Å². The summed E-state index contributed by atoms with van der Waals surface area (Å²) in [6.07, 6.45) is -0.650. The first kappa shape index (κ1) is 19.7. The minimum absolute atomic E-state index is 0.0934. The average Bonchev–Trinajstić information content (AvgIpc) is 3.03. The van der Waals surface area contributed by atoms with E-state index in [4.69, 9.17) is 4.74 Å². The van der Waals surface area contributed by atoms with E-state index in [1.165, 1.54) is 0 Å². The van der Waals surface area contributed by atoms with Crippen LogP contribution in [0.4, 0.5) is 19.5 Å². The van der Waals surface area contributed by atoms with Crippen molar-refractivity contribution in [3.8, 4) is 0 Å². The number of carbonyl (C=O) groups excluding carboxylic acids is 2. The number of ketones is 1. The van der Waals surface area contributed by atoms with E-state index in [9.17, 15) is 18.4 Å². The van der Waals surface area contributed by atoms with E-state index in [0.717, 1.165) is 12.1 Å². The molecular weight excluding hydrogens is 394 g/mol. The second-order valence-electron chi connectivity index (χ2n) is 7.84. The molecular formula is C21H18F2N4O3. The van der Waals surface area contributed by atoms with Crippen LogP contribution in [0, 0.1) is 11.6 Å². The molecule has 0 atom stereocenters. The average molecular weight is 412 g/mol. The van der Waals surface area contributed by atoms with Gasteiger partial charge >= 0.3 is 6.09 Å². The van der Waals surface area contributed by atoms with E-state index >= 15 is 0 Å². The minimum atomic E-state index is -1.08. The van der Waals surface area contributed by atoms with Gasteiger partial charge in [0.15, 0.2) is 17.4 Å². The van der Waals surface area contributed by atoms with Crippen LogP contribution in [0.5, 0.6) is 0 Å². The van der Waals surface area contributed by atoms with Crippen LogP contribution in [0.15, 0.2) is 35.3 Å². The van der Waals surface area contributed by atoms with Gasteiger partial charge in [0.1, 0.15) is 12.1 Å². The number of halogens is 2. The van der Waals surface area contributed by atoms with Crippen molar-refractivity contribution in [3.63, 3.8) is 0 Å². The summed E-state index contributed by atoms with van der Waals surface area (Å²) in [6.45, 7) is 5.10. The molecule has 0 bridgehead atoms. The Labute approximate surface area is 170 Å². The molecule has 0 saturated carbocycles. The Morgan fingerprint density at radius 2 is 1.83 bits per heavy atom. The molecule has 0 radical (unpaired) electrons. The molecule has 0 fully saturated rings. The van der Waals surface area contributed by atoms with Gasteiger partial charge in [0.2, 0.25) is 5.95 Å². The molecule has 4 rings (SSSR count). The van der Waals surface area contributed by atoms with Crippen LogP contribution >= 0.6 is 0 Å². The standard InChI is InChI=1S/C21H18F2N4O3/c1-21(2,3)30-20(29)27-19-25-15-5-4-10(6-16(15)26-19)18-12-8-14(23)13(22)7-11(12)17(28)9-24-18/h4-8H,9H2,1-3H3,(H2,25,26,27,29). The second-order valence-corrected chi connectivity index (χ2v) is 7.84. The maximum Gasteiger partial charge on any atom is 0.414 e. The van der Waals surface area contributed by atoms with Crippen molar-refractivity contribution in [3.05, 3.63) is 58.7 Å².